The number of hydrogen-bond acceptors (Lipinski definition) is 7. The van der Waals surface area contributed by atoms with Gasteiger partial charge in [0.15, 0.2) is 5.78 Å². The molecule has 0 spiro atoms. The number of carbonyl (C=O) groups is 1. The molecule has 0 atom stereocenters. The van der Waals surface area contributed by atoms with E-state index in [9.17, 15) is 9.18 Å². The van der Waals surface area contributed by atoms with Crippen LogP contribution in [0.1, 0.15) is 21.5 Å². The lowest BCUT2D eigenvalue weighted by molar-refractivity contribution is 0.0992. The summed E-state index contributed by atoms with van der Waals surface area (Å²) in [5, 5.41) is 3.03. The van der Waals surface area contributed by atoms with Gasteiger partial charge in [0.05, 0.1) is 29.7 Å². The van der Waals surface area contributed by atoms with Crippen molar-refractivity contribution in [1.29, 1.82) is 0 Å². The standard InChI is InChI=1S/C22H24FN5O2/c1-15-4-5-19(18(23)10-15)27-20-14-24-7-6-16(20)11-21(29)17-12-25-22(26-13-17)28(2)8-9-30-3/h4-7,10,12-14,27H,8-9,11H2,1-3H3. The van der Waals surface area contributed by atoms with E-state index in [1.165, 1.54) is 18.5 Å². The largest absolute Gasteiger partial charge is 0.383 e. The predicted molar refractivity (Wildman–Crippen MR) is 114 cm³/mol. The van der Waals surface area contributed by atoms with Gasteiger partial charge in [0.25, 0.3) is 0 Å². The van der Waals surface area contributed by atoms with E-state index in [1.54, 1.807) is 31.6 Å². The summed E-state index contributed by atoms with van der Waals surface area (Å²) in [6.45, 7) is 3.02. The lowest BCUT2D eigenvalue weighted by Gasteiger charge is -2.16. The number of methoxy groups -OCH3 is 1. The normalized spacial score (nSPS) is 10.7. The molecule has 0 aliphatic heterocycles. The van der Waals surface area contributed by atoms with Crippen LogP contribution in [0.2, 0.25) is 0 Å². The summed E-state index contributed by atoms with van der Waals surface area (Å²) < 4.78 is 19.2. The number of Topliss-reactive ketones (excluding diaryl/α,β-unsaturated/α-hetero) is 1. The maximum atomic E-state index is 14.2. The molecular weight excluding hydrogens is 385 g/mol. The highest BCUT2D eigenvalue weighted by Gasteiger charge is 2.14. The van der Waals surface area contributed by atoms with E-state index in [0.717, 1.165) is 5.56 Å². The van der Waals surface area contributed by atoms with Gasteiger partial charge in [0.2, 0.25) is 5.95 Å². The van der Waals surface area contributed by atoms with Crippen molar-refractivity contribution in [2.75, 3.05) is 37.5 Å². The topological polar surface area (TPSA) is 80.2 Å². The molecule has 30 heavy (non-hydrogen) atoms. The number of ether oxygens (including phenoxy) is 1. The van der Waals surface area contributed by atoms with Gasteiger partial charge in [-0.05, 0) is 36.2 Å². The number of halogens is 1. The Morgan fingerprint density at radius 1 is 1.17 bits per heavy atom. The molecule has 3 aromatic rings. The first kappa shape index (κ1) is 21.3. The van der Waals surface area contributed by atoms with E-state index >= 15 is 0 Å². The second-order valence-corrected chi connectivity index (χ2v) is 6.93. The fraction of sp³-hybridized carbons (Fsp3) is 0.273. The molecule has 7 nitrogen and oxygen atoms in total. The molecule has 0 aliphatic rings. The van der Waals surface area contributed by atoms with Crippen molar-refractivity contribution < 1.29 is 13.9 Å². The zero-order valence-corrected chi connectivity index (χ0v) is 17.2. The van der Waals surface area contributed by atoms with Crippen molar-refractivity contribution in [3.8, 4) is 0 Å². The summed E-state index contributed by atoms with van der Waals surface area (Å²) in [7, 11) is 3.49. The quantitative estimate of drug-likeness (QED) is 0.541. The third kappa shape index (κ3) is 5.36. The summed E-state index contributed by atoms with van der Waals surface area (Å²) in [5.41, 5.74) is 2.84. The lowest BCUT2D eigenvalue weighted by Crippen LogP contribution is -2.24. The molecule has 8 heteroatoms. The molecule has 0 saturated carbocycles. The van der Waals surface area contributed by atoms with Gasteiger partial charge in [-0.3, -0.25) is 9.78 Å². The molecule has 0 bridgehead atoms. The van der Waals surface area contributed by atoms with Crippen LogP contribution in [0.4, 0.5) is 21.7 Å². The number of anilines is 3. The van der Waals surface area contributed by atoms with Crippen LogP contribution >= 0.6 is 0 Å². The Morgan fingerprint density at radius 2 is 1.93 bits per heavy atom. The first-order valence-corrected chi connectivity index (χ1v) is 9.49. The van der Waals surface area contributed by atoms with E-state index in [1.807, 2.05) is 24.9 Å². The minimum Gasteiger partial charge on any atom is -0.383 e. The number of likely N-dealkylation sites (N-methyl/N-ethyl adjacent to an activating group) is 1. The van der Waals surface area contributed by atoms with Crippen molar-refractivity contribution in [1.82, 2.24) is 15.0 Å². The fourth-order valence-corrected chi connectivity index (χ4v) is 2.82. The number of aromatic nitrogens is 3. The Morgan fingerprint density at radius 3 is 2.63 bits per heavy atom. The monoisotopic (exact) mass is 409 g/mol. The molecular formula is C22H24FN5O2. The van der Waals surface area contributed by atoms with E-state index in [0.29, 0.717) is 41.6 Å². The summed E-state index contributed by atoms with van der Waals surface area (Å²) in [6, 6.07) is 6.66. The highest BCUT2D eigenvalue weighted by molar-refractivity contribution is 5.97. The van der Waals surface area contributed by atoms with Crippen LogP contribution < -0.4 is 10.2 Å². The number of nitrogens with zero attached hydrogens (tertiary/aromatic N) is 4. The van der Waals surface area contributed by atoms with Crippen molar-refractivity contribution in [3.63, 3.8) is 0 Å². The van der Waals surface area contributed by atoms with Crippen LogP contribution in [0.3, 0.4) is 0 Å². The molecule has 0 saturated heterocycles. The van der Waals surface area contributed by atoms with Crippen molar-refractivity contribution in [2.24, 2.45) is 0 Å². The highest BCUT2D eigenvalue weighted by atomic mass is 19.1. The number of ketones is 1. The van der Waals surface area contributed by atoms with Gasteiger partial charge in [0.1, 0.15) is 5.82 Å². The second-order valence-electron chi connectivity index (χ2n) is 6.93. The van der Waals surface area contributed by atoms with E-state index in [2.05, 4.69) is 20.3 Å². The Kier molecular flexibility index (Phi) is 7.03. The number of aryl methyl sites for hydroxylation is 1. The summed E-state index contributed by atoms with van der Waals surface area (Å²) in [4.78, 5) is 27.2. The molecule has 0 unspecified atom stereocenters. The first-order valence-electron chi connectivity index (χ1n) is 9.49. The lowest BCUT2D eigenvalue weighted by atomic mass is 10.0. The van der Waals surface area contributed by atoms with E-state index in [4.69, 9.17) is 4.74 Å². The third-order valence-corrected chi connectivity index (χ3v) is 4.59. The van der Waals surface area contributed by atoms with Crippen molar-refractivity contribution >= 4 is 23.1 Å². The molecule has 3 rings (SSSR count). The third-order valence-electron chi connectivity index (χ3n) is 4.59. The van der Waals surface area contributed by atoms with Gasteiger partial charge >= 0.3 is 0 Å². The zero-order chi connectivity index (χ0) is 21.5. The van der Waals surface area contributed by atoms with E-state index < -0.39 is 0 Å². The van der Waals surface area contributed by atoms with Gasteiger partial charge in [-0.2, -0.15) is 0 Å². The van der Waals surface area contributed by atoms with Gasteiger partial charge < -0.3 is 15.0 Å². The van der Waals surface area contributed by atoms with Gasteiger partial charge in [-0.25, -0.2) is 14.4 Å². The summed E-state index contributed by atoms with van der Waals surface area (Å²) in [6.07, 6.45) is 6.32. The molecule has 1 N–H and O–H groups in total. The van der Waals surface area contributed by atoms with Gasteiger partial charge in [-0.1, -0.05) is 6.07 Å². The predicted octanol–water partition coefficient (Wildman–Crippen LogP) is 3.57. The number of pyridine rings is 1. The minimum absolute atomic E-state index is 0.112. The zero-order valence-electron chi connectivity index (χ0n) is 17.2. The van der Waals surface area contributed by atoms with Crippen LogP contribution in [-0.4, -0.2) is 48.0 Å². The smallest absolute Gasteiger partial charge is 0.225 e. The molecule has 2 heterocycles. The maximum absolute atomic E-state index is 14.2. The van der Waals surface area contributed by atoms with Crippen molar-refractivity contribution in [3.05, 3.63) is 71.6 Å². The molecule has 2 aromatic heterocycles. The average molecular weight is 409 g/mol. The highest BCUT2D eigenvalue weighted by Crippen LogP contribution is 2.24. The van der Waals surface area contributed by atoms with Gasteiger partial charge in [-0.15, -0.1) is 0 Å². The fourth-order valence-electron chi connectivity index (χ4n) is 2.82. The van der Waals surface area contributed by atoms with Crippen molar-refractivity contribution in [2.45, 2.75) is 13.3 Å². The number of benzene rings is 1. The van der Waals surface area contributed by atoms with Gasteiger partial charge in [0, 0.05) is 45.7 Å². The number of hydrogen-bond donors (Lipinski definition) is 1. The number of carbonyl (C=O) groups excluding carboxylic acids is 1. The molecule has 0 radical (unpaired) electrons. The maximum Gasteiger partial charge on any atom is 0.225 e. The van der Waals surface area contributed by atoms with Crippen LogP contribution in [0.25, 0.3) is 0 Å². The molecule has 1 aromatic carbocycles. The second kappa shape index (κ2) is 9.89. The summed E-state index contributed by atoms with van der Waals surface area (Å²) in [5.74, 6) is 0.0159. The van der Waals surface area contributed by atoms with Crippen LogP contribution in [0, 0.1) is 12.7 Å². The Hall–Kier alpha value is -3.39. The molecule has 0 fully saturated rings. The minimum atomic E-state index is -0.363. The SMILES string of the molecule is COCCN(C)c1ncc(C(=O)Cc2ccncc2Nc2ccc(C)cc2F)cn1. The Bertz CT molecular complexity index is 1010. The van der Waals surface area contributed by atoms with Crippen LogP contribution in [0.5, 0.6) is 0 Å². The Balaban J connectivity index is 1.72. The first-order chi connectivity index (χ1) is 14.5. The molecule has 0 aliphatic carbocycles. The molecule has 0 amide bonds. The number of rotatable bonds is 9. The Labute approximate surface area is 175 Å². The van der Waals surface area contributed by atoms with Crippen LogP contribution in [-0.2, 0) is 11.2 Å². The van der Waals surface area contributed by atoms with Crippen LogP contribution in [0.15, 0.2) is 49.1 Å². The average Bonchev–Trinajstić information content (AvgIpc) is 2.75. The van der Waals surface area contributed by atoms with E-state index in [-0.39, 0.29) is 18.0 Å². The summed E-state index contributed by atoms with van der Waals surface area (Å²) >= 11 is 0. The molecule has 156 valence electrons. The number of nitrogens with one attached hydrogen (secondary N) is 1.